The molecule has 5 heteroatoms. The topological polar surface area (TPSA) is 77.8 Å². The summed E-state index contributed by atoms with van der Waals surface area (Å²) in [6.45, 7) is 2.08. The molecular weight excluding hydrogens is 252 g/mol. The van der Waals surface area contributed by atoms with Crippen molar-refractivity contribution in [3.63, 3.8) is 0 Å². The highest BCUT2D eigenvalue weighted by molar-refractivity contribution is 5.91. The largest absolute Gasteiger partial charge is 0.334 e. The lowest BCUT2D eigenvalue weighted by molar-refractivity contribution is 0.413. The molecule has 2 N–H and O–H groups in total. The van der Waals surface area contributed by atoms with E-state index in [-0.39, 0.29) is 6.04 Å². The van der Waals surface area contributed by atoms with Crippen LogP contribution in [0, 0.1) is 0 Å². The Morgan fingerprint density at radius 3 is 2.95 bits per heavy atom. The summed E-state index contributed by atoms with van der Waals surface area (Å²) in [7, 11) is 0. The van der Waals surface area contributed by atoms with Crippen LogP contribution in [-0.2, 0) is 0 Å². The Balaban J connectivity index is 2.03. The normalized spacial score (nSPS) is 12.7. The van der Waals surface area contributed by atoms with E-state index in [1.165, 1.54) is 0 Å². The number of aromatic nitrogens is 3. The molecule has 3 rings (SSSR count). The highest BCUT2D eigenvalue weighted by Crippen LogP contribution is 2.26. The van der Waals surface area contributed by atoms with Crippen LogP contribution >= 0.6 is 0 Å². The summed E-state index contributed by atoms with van der Waals surface area (Å²) in [5.41, 5.74) is 7.70. The predicted molar refractivity (Wildman–Crippen MR) is 76.9 cm³/mol. The van der Waals surface area contributed by atoms with E-state index in [4.69, 9.17) is 10.3 Å². The Bertz CT molecular complexity index is 717. The summed E-state index contributed by atoms with van der Waals surface area (Å²) in [5, 5.41) is 5.02. The number of nitrogens with two attached hydrogens (primary N) is 1. The van der Waals surface area contributed by atoms with Crippen molar-refractivity contribution in [2.24, 2.45) is 5.73 Å². The first kappa shape index (κ1) is 12.7. The molecular formula is C15H16N4O. The van der Waals surface area contributed by atoms with Crippen LogP contribution in [0.1, 0.15) is 31.6 Å². The third kappa shape index (κ3) is 2.28. The molecule has 0 aliphatic carbocycles. The van der Waals surface area contributed by atoms with Crippen molar-refractivity contribution < 1.29 is 4.52 Å². The third-order valence-electron chi connectivity index (χ3n) is 3.24. The molecule has 0 aliphatic heterocycles. The van der Waals surface area contributed by atoms with Gasteiger partial charge in [0.1, 0.15) is 0 Å². The quantitative estimate of drug-likeness (QED) is 0.786. The molecule has 0 fully saturated rings. The summed E-state index contributed by atoms with van der Waals surface area (Å²) in [5.74, 6) is 1.02. The van der Waals surface area contributed by atoms with Crippen molar-refractivity contribution in [1.29, 1.82) is 0 Å². The third-order valence-corrected chi connectivity index (χ3v) is 3.24. The fraction of sp³-hybridized carbons (Fsp3) is 0.267. The molecule has 1 atom stereocenters. The first-order valence-electron chi connectivity index (χ1n) is 6.73. The van der Waals surface area contributed by atoms with E-state index < -0.39 is 0 Å². The van der Waals surface area contributed by atoms with Gasteiger partial charge >= 0.3 is 0 Å². The van der Waals surface area contributed by atoms with Crippen molar-refractivity contribution in [3.8, 4) is 11.5 Å². The number of hydrogen-bond donors (Lipinski definition) is 1. The van der Waals surface area contributed by atoms with Crippen LogP contribution in [0.4, 0.5) is 0 Å². The average Bonchev–Trinajstić information content (AvgIpc) is 2.97. The zero-order valence-corrected chi connectivity index (χ0v) is 11.3. The second-order valence-corrected chi connectivity index (χ2v) is 4.73. The van der Waals surface area contributed by atoms with E-state index in [0.29, 0.717) is 11.7 Å². The number of pyridine rings is 1. The second kappa shape index (κ2) is 5.38. The maximum Gasteiger partial charge on any atom is 0.260 e. The molecule has 0 aliphatic rings. The zero-order chi connectivity index (χ0) is 13.9. The number of nitrogens with zero attached hydrogens (tertiary/aromatic N) is 3. The lowest BCUT2D eigenvalue weighted by atomic mass is 10.1. The summed E-state index contributed by atoms with van der Waals surface area (Å²) < 4.78 is 5.35. The minimum absolute atomic E-state index is 0.180. The summed E-state index contributed by atoms with van der Waals surface area (Å²) in [6.07, 6.45) is 3.58. The van der Waals surface area contributed by atoms with Gasteiger partial charge in [-0.15, -0.1) is 0 Å². The van der Waals surface area contributed by atoms with Crippen molar-refractivity contribution in [3.05, 3.63) is 42.4 Å². The van der Waals surface area contributed by atoms with Gasteiger partial charge in [-0.3, -0.25) is 4.98 Å². The first-order chi connectivity index (χ1) is 9.79. The number of para-hydroxylation sites is 1. The van der Waals surface area contributed by atoms with E-state index in [0.717, 1.165) is 29.3 Å². The van der Waals surface area contributed by atoms with Gasteiger partial charge in [0.15, 0.2) is 5.82 Å². The Hall–Kier alpha value is -2.27. The van der Waals surface area contributed by atoms with Gasteiger partial charge in [-0.25, -0.2) is 0 Å². The zero-order valence-electron chi connectivity index (χ0n) is 11.3. The lowest BCUT2D eigenvalue weighted by Gasteiger charge is -2.03. The molecule has 0 bridgehead atoms. The standard InChI is InChI=1S/C15H16N4O/c1-2-5-12(16)14-18-15(20-19-14)11-8-3-6-10-7-4-9-17-13(10)11/h3-4,6-9,12H,2,5,16H2,1H3. The molecule has 1 aromatic carbocycles. The smallest absolute Gasteiger partial charge is 0.260 e. The summed E-state index contributed by atoms with van der Waals surface area (Å²) in [6, 6.07) is 9.62. The van der Waals surface area contributed by atoms with E-state index in [9.17, 15) is 0 Å². The van der Waals surface area contributed by atoms with Crippen LogP contribution in [0.3, 0.4) is 0 Å². The molecule has 0 saturated carbocycles. The maximum absolute atomic E-state index is 6.01. The SMILES string of the molecule is CCCC(N)c1noc(-c2cccc3cccnc23)n1. The minimum Gasteiger partial charge on any atom is -0.334 e. The molecule has 5 nitrogen and oxygen atoms in total. The van der Waals surface area contributed by atoms with Gasteiger partial charge in [0, 0.05) is 11.6 Å². The van der Waals surface area contributed by atoms with Crippen LogP contribution in [0.25, 0.3) is 22.4 Å². The molecule has 2 heterocycles. The van der Waals surface area contributed by atoms with Gasteiger partial charge in [0.25, 0.3) is 5.89 Å². The molecule has 0 saturated heterocycles. The van der Waals surface area contributed by atoms with Gasteiger partial charge in [0.05, 0.1) is 17.1 Å². The van der Waals surface area contributed by atoms with E-state index in [2.05, 4.69) is 22.0 Å². The fourth-order valence-electron chi connectivity index (χ4n) is 2.21. The first-order valence-corrected chi connectivity index (χ1v) is 6.73. The lowest BCUT2D eigenvalue weighted by Crippen LogP contribution is -2.11. The number of hydrogen-bond acceptors (Lipinski definition) is 5. The predicted octanol–water partition coefficient (Wildman–Crippen LogP) is 3.08. The summed E-state index contributed by atoms with van der Waals surface area (Å²) in [4.78, 5) is 8.80. The van der Waals surface area contributed by atoms with E-state index in [1.807, 2.05) is 30.3 Å². The summed E-state index contributed by atoms with van der Waals surface area (Å²) >= 11 is 0. The number of benzene rings is 1. The molecule has 3 aromatic rings. The van der Waals surface area contributed by atoms with Crippen LogP contribution < -0.4 is 5.73 Å². The van der Waals surface area contributed by atoms with Gasteiger partial charge < -0.3 is 10.3 Å². The fourth-order valence-corrected chi connectivity index (χ4v) is 2.21. The van der Waals surface area contributed by atoms with Crippen LogP contribution in [0.5, 0.6) is 0 Å². The van der Waals surface area contributed by atoms with Crippen LogP contribution in [0.2, 0.25) is 0 Å². The number of rotatable bonds is 4. The van der Waals surface area contributed by atoms with Crippen molar-refractivity contribution in [1.82, 2.24) is 15.1 Å². The van der Waals surface area contributed by atoms with Crippen molar-refractivity contribution in [2.45, 2.75) is 25.8 Å². The van der Waals surface area contributed by atoms with E-state index in [1.54, 1.807) is 6.20 Å². The minimum atomic E-state index is -0.180. The second-order valence-electron chi connectivity index (χ2n) is 4.73. The van der Waals surface area contributed by atoms with Crippen LogP contribution in [0.15, 0.2) is 41.1 Å². The van der Waals surface area contributed by atoms with Crippen LogP contribution in [-0.4, -0.2) is 15.1 Å². The van der Waals surface area contributed by atoms with Gasteiger partial charge in [0.2, 0.25) is 0 Å². The molecule has 1 unspecified atom stereocenters. The van der Waals surface area contributed by atoms with Crippen molar-refractivity contribution in [2.75, 3.05) is 0 Å². The molecule has 0 radical (unpaired) electrons. The number of fused-ring (bicyclic) bond motifs is 1. The highest BCUT2D eigenvalue weighted by Gasteiger charge is 2.16. The highest BCUT2D eigenvalue weighted by atomic mass is 16.5. The average molecular weight is 268 g/mol. The Morgan fingerprint density at radius 1 is 1.25 bits per heavy atom. The molecule has 2 aromatic heterocycles. The molecule has 0 amide bonds. The van der Waals surface area contributed by atoms with Gasteiger partial charge in [-0.2, -0.15) is 4.98 Å². The molecule has 20 heavy (non-hydrogen) atoms. The van der Waals surface area contributed by atoms with Gasteiger partial charge in [-0.1, -0.05) is 36.7 Å². The molecule has 0 spiro atoms. The Morgan fingerprint density at radius 2 is 2.10 bits per heavy atom. The Kier molecular flexibility index (Phi) is 3.43. The van der Waals surface area contributed by atoms with Gasteiger partial charge in [-0.05, 0) is 18.6 Å². The maximum atomic E-state index is 6.01. The van der Waals surface area contributed by atoms with E-state index >= 15 is 0 Å². The monoisotopic (exact) mass is 268 g/mol. The van der Waals surface area contributed by atoms with Crippen molar-refractivity contribution >= 4 is 10.9 Å². The molecule has 102 valence electrons. The Labute approximate surface area is 116 Å².